The largest absolute Gasteiger partial charge is 0.497 e. The smallest absolute Gasteiger partial charge is 0.251 e. The maximum atomic E-state index is 14.2. The Labute approximate surface area is 262 Å². The molecule has 0 saturated heterocycles. The van der Waals surface area contributed by atoms with E-state index in [1.54, 1.807) is 37.4 Å². The monoisotopic (exact) mass is 626 g/mol. The summed E-state index contributed by atoms with van der Waals surface area (Å²) in [4.78, 5) is 30.6. The molecule has 0 aliphatic carbocycles. The van der Waals surface area contributed by atoms with Gasteiger partial charge in [0, 0.05) is 23.9 Å². The number of hydrogen-bond acceptors (Lipinski definition) is 8. The molecule has 0 bridgehead atoms. The van der Waals surface area contributed by atoms with Crippen molar-refractivity contribution in [2.75, 3.05) is 25.2 Å². The average Bonchev–Trinajstić information content (AvgIpc) is 3.55. The quantitative estimate of drug-likeness (QED) is 0.241. The number of carbonyl (C=O) groups excluding carboxylic acids is 2. The van der Waals surface area contributed by atoms with Gasteiger partial charge in [0.1, 0.15) is 43.2 Å². The molecule has 6 rings (SSSR count). The molecule has 2 heterocycles. The van der Waals surface area contributed by atoms with Crippen molar-refractivity contribution in [3.8, 4) is 28.6 Å². The molecule has 4 aromatic carbocycles. The highest BCUT2D eigenvalue weighted by Crippen LogP contribution is 2.37. The van der Waals surface area contributed by atoms with Crippen molar-refractivity contribution in [2.45, 2.75) is 19.1 Å². The van der Waals surface area contributed by atoms with Crippen molar-refractivity contribution >= 4 is 17.5 Å². The van der Waals surface area contributed by atoms with E-state index in [1.807, 2.05) is 12.1 Å². The van der Waals surface area contributed by atoms with Gasteiger partial charge in [0.15, 0.2) is 11.5 Å². The first-order valence-electron chi connectivity index (χ1n) is 14.3. The van der Waals surface area contributed by atoms with E-state index in [0.29, 0.717) is 47.3 Å². The summed E-state index contributed by atoms with van der Waals surface area (Å²) in [6.07, 6.45) is 0. The fourth-order valence-electron chi connectivity index (χ4n) is 4.93. The first kappa shape index (κ1) is 30.2. The first-order valence-corrected chi connectivity index (χ1v) is 14.3. The number of ether oxygens (including phenoxy) is 3. The van der Waals surface area contributed by atoms with Crippen LogP contribution in [0, 0.1) is 11.6 Å². The SMILES string of the molecule is COc1ccc(CNC(=O)C(c2ccc(F)cc2)N(C(=O)Cn2nnc(-c3ccc(F)cc3)n2)c2ccc3c(c2)OCCO3)cc1. The summed E-state index contributed by atoms with van der Waals surface area (Å²) in [7, 11) is 1.56. The molecule has 0 spiro atoms. The van der Waals surface area contributed by atoms with Crippen LogP contribution in [-0.4, -0.2) is 52.3 Å². The van der Waals surface area contributed by atoms with Crippen molar-refractivity contribution in [2.24, 2.45) is 0 Å². The van der Waals surface area contributed by atoms with Crippen molar-refractivity contribution in [3.63, 3.8) is 0 Å². The molecule has 1 unspecified atom stereocenters. The summed E-state index contributed by atoms with van der Waals surface area (Å²) in [5.74, 6) is -0.276. The van der Waals surface area contributed by atoms with Gasteiger partial charge >= 0.3 is 0 Å². The Balaban J connectivity index is 1.36. The molecule has 11 nitrogen and oxygen atoms in total. The van der Waals surface area contributed by atoms with Gasteiger partial charge in [-0.25, -0.2) is 8.78 Å². The molecule has 1 aromatic heterocycles. The zero-order valence-electron chi connectivity index (χ0n) is 24.6. The fraction of sp³-hybridized carbons (Fsp3) is 0.182. The second-order valence-corrected chi connectivity index (χ2v) is 10.3. The molecule has 234 valence electrons. The minimum Gasteiger partial charge on any atom is -0.497 e. The summed E-state index contributed by atoms with van der Waals surface area (Å²) in [5, 5.41) is 15.2. The molecule has 1 aliphatic heterocycles. The molecule has 2 amide bonds. The van der Waals surface area contributed by atoms with Crippen molar-refractivity contribution in [1.82, 2.24) is 25.5 Å². The Morgan fingerprint density at radius 3 is 2.28 bits per heavy atom. The van der Waals surface area contributed by atoms with Crippen molar-refractivity contribution < 1.29 is 32.6 Å². The normalized spacial score (nSPS) is 12.7. The lowest BCUT2D eigenvalue weighted by Crippen LogP contribution is -2.45. The number of amides is 2. The van der Waals surface area contributed by atoms with E-state index >= 15 is 0 Å². The third-order valence-electron chi connectivity index (χ3n) is 7.22. The van der Waals surface area contributed by atoms with Crippen LogP contribution in [0.25, 0.3) is 11.4 Å². The van der Waals surface area contributed by atoms with E-state index in [4.69, 9.17) is 14.2 Å². The van der Waals surface area contributed by atoms with Gasteiger partial charge in [-0.1, -0.05) is 24.3 Å². The number of rotatable bonds is 10. The molecule has 0 saturated carbocycles. The summed E-state index contributed by atoms with van der Waals surface area (Å²) in [6, 6.07) is 21.7. The van der Waals surface area contributed by atoms with Gasteiger partial charge in [0.2, 0.25) is 11.7 Å². The number of nitrogens with one attached hydrogen (secondary N) is 1. The summed E-state index contributed by atoms with van der Waals surface area (Å²) >= 11 is 0. The molecule has 1 N–H and O–H groups in total. The van der Waals surface area contributed by atoms with Gasteiger partial charge in [0.25, 0.3) is 5.91 Å². The number of tetrazole rings is 1. The van der Waals surface area contributed by atoms with Crippen LogP contribution in [0.1, 0.15) is 17.2 Å². The van der Waals surface area contributed by atoms with Crippen molar-refractivity contribution in [1.29, 1.82) is 0 Å². The van der Waals surface area contributed by atoms with Gasteiger partial charge in [-0.15, -0.1) is 10.2 Å². The second kappa shape index (κ2) is 13.4. The first-order chi connectivity index (χ1) is 22.4. The van der Waals surface area contributed by atoms with Crippen LogP contribution in [0.5, 0.6) is 17.2 Å². The standard InChI is InChI=1S/C33H28F2N6O5/c1-44-27-13-2-21(3-14-27)19-36-33(43)31(22-4-8-24(34)9-5-22)41(26-12-15-28-29(18-26)46-17-16-45-28)30(42)20-40-38-32(37-39-40)23-6-10-25(35)11-7-23/h2-15,18,31H,16-17,19-20H2,1H3,(H,36,43). The van der Waals surface area contributed by atoms with Crippen LogP contribution in [0.2, 0.25) is 0 Å². The molecule has 5 aromatic rings. The van der Waals surface area contributed by atoms with E-state index in [1.165, 1.54) is 53.4 Å². The van der Waals surface area contributed by atoms with Crippen LogP contribution >= 0.6 is 0 Å². The van der Waals surface area contributed by atoms with Gasteiger partial charge < -0.3 is 19.5 Å². The average molecular weight is 627 g/mol. The van der Waals surface area contributed by atoms with Crippen LogP contribution in [0.4, 0.5) is 14.5 Å². The van der Waals surface area contributed by atoms with Gasteiger partial charge in [-0.05, 0) is 77.0 Å². The number of carbonyl (C=O) groups is 2. The number of aromatic nitrogens is 4. The molecule has 1 aliphatic rings. The highest BCUT2D eigenvalue weighted by Gasteiger charge is 2.34. The van der Waals surface area contributed by atoms with E-state index in [-0.39, 0.29) is 12.4 Å². The molecular formula is C33H28F2N6O5. The Bertz CT molecular complexity index is 1830. The Morgan fingerprint density at radius 2 is 1.59 bits per heavy atom. The summed E-state index contributed by atoms with van der Waals surface area (Å²) < 4.78 is 44.1. The Hall–Kier alpha value is -5.85. The fourth-order valence-corrected chi connectivity index (χ4v) is 4.93. The molecule has 0 fully saturated rings. The number of halogens is 2. The Kier molecular flexibility index (Phi) is 8.81. The predicted molar refractivity (Wildman–Crippen MR) is 162 cm³/mol. The molecule has 0 radical (unpaired) electrons. The minimum atomic E-state index is -1.24. The maximum Gasteiger partial charge on any atom is 0.251 e. The zero-order valence-corrected chi connectivity index (χ0v) is 24.6. The van der Waals surface area contributed by atoms with Crippen LogP contribution in [0.3, 0.4) is 0 Å². The third-order valence-corrected chi connectivity index (χ3v) is 7.22. The van der Waals surface area contributed by atoms with E-state index in [2.05, 4.69) is 20.7 Å². The lowest BCUT2D eigenvalue weighted by atomic mass is 10.0. The highest BCUT2D eigenvalue weighted by molar-refractivity contribution is 6.01. The van der Waals surface area contributed by atoms with Gasteiger partial charge in [-0.3, -0.25) is 14.5 Å². The number of hydrogen-bond donors (Lipinski definition) is 1. The number of benzene rings is 4. The van der Waals surface area contributed by atoms with Crippen molar-refractivity contribution in [3.05, 3.63) is 114 Å². The van der Waals surface area contributed by atoms with Gasteiger partial charge in [-0.2, -0.15) is 4.80 Å². The molecule has 46 heavy (non-hydrogen) atoms. The predicted octanol–water partition coefficient (Wildman–Crippen LogP) is 4.49. The topological polar surface area (TPSA) is 121 Å². The van der Waals surface area contributed by atoms with E-state index in [0.717, 1.165) is 10.4 Å². The maximum absolute atomic E-state index is 14.2. The van der Waals surface area contributed by atoms with Crippen LogP contribution in [0.15, 0.2) is 91.0 Å². The van der Waals surface area contributed by atoms with Crippen LogP contribution < -0.4 is 24.4 Å². The van der Waals surface area contributed by atoms with E-state index < -0.39 is 36.0 Å². The molecular weight excluding hydrogens is 598 g/mol. The number of anilines is 1. The van der Waals surface area contributed by atoms with Crippen LogP contribution in [-0.2, 0) is 22.7 Å². The summed E-state index contributed by atoms with van der Waals surface area (Å²) in [5.41, 5.74) is 1.98. The second-order valence-electron chi connectivity index (χ2n) is 10.3. The number of nitrogens with zero attached hydrogens (tertiary/aromatic N) is 5. The number of methoxy groups -OCH3 is 1. The molecule has 1 atom stereocenters. The lowest BCUT2D eigenvalue weighted by molar-refractivity contribution is -0.127. The molecule has 13 heteroatoms. The van der Waals surface area contributed by atoms with E-state index in [9.17, 15) is 18.4 Å². The zero-order chi connectivity index (χ0) is 32.0. The van der Waals surface area contributed by atoms with Gasteiger partial charge in [0.05, 0.1) is 7.11 Å². The Morgan fingerprint density at radius 1 is 0.913 bits per heavy atom. The highest BCUT2D eigenvalue weighted by atomic mass is 19.1. The third kappa shape index (κ3) is 6.78. The minimum absolute atomic E-state index is 0.148. The lowest BCUT2D eigenvalue weighted by Gasteiger charge is -2.32. The summed E-state index contributed by atoms with van der Waals surface area (Å²) in [6.45, 7) is 0.417. The number of fused-ring (bicyclic) bond motifs is 1.